The van der Waals surface area contributed by atoms with Gasteiger partial charge in [-0.2, -0.15) is 26.3 Å². The van der Waals surface area contributed by atoms with Crippen LogP contribution in [0.15, 0.2) is 48.6 Å². The molecule has 0 spiro atoms. The van der Waals surface area contributed by atoms with Gasteiger partial charge in [0.1, 0.15) is 22.8 Å². The van der Waals surface area contributed by atoms with E-state index in [1.54, 1.807) is 0 Å². The maximum absolute atomic E-state index is 14.8. The van der Waals surface area contributed by atoms with Gasteiger partial charge in [-0.05, 0) is 12.2 Å². The first-order chi connectivity index (χ1) is 12.7. The van der Waals surface area contributed by atoms with E-state index in [1.165, 1.54) is 12.2 Å². The van der Waals surface area contributed by atoms with E-state index < -0.39 is 71.0 Å². The lowest BCUT2D eigenvalue weighted by Crippen LogP contribution is -2.43. The minimum absolute atomic E-state index is 0.566. The van der Waals surface area contributed by atoms with Gasteiger partial charge >= 0.3 is 12.4 Å². The highest BCUT2D eigenvalue weighted by Crippen LogP contribution is 2.42. The highest BCUT2D eigenvalue weighted by atomic mass is 32.2. The van der Waals surface area contributed by atoms with Gasteiger partial charge in [0.05, 0.1) is 24.7 Å². The average Bonchev–Trinajstić information content (AvgIpc) is 2.48. The molecule has 0 aromatic carbocycles. The van der Waals surface area contributed by atoms with Crippen LogP contribution in [0.5, 0.6) is 0 Å². The quantitative estimate of drug-likeness (QED) is 0.398. The molecule has 10 heteroatoms. The summed E-state index contributed by atoms with van der Waals surface area (Å²) in [6.07, 6.45) is -4.60. The third kappa shape index (κ3) is 6.37. The largest absolute Gasteiger partial charge is 0.616 e. The van der Waals surface area contributed by atoms with Gasteiger partial charge in [-0.25, -0.2) is 8.78 Å². The van der Waals surface area contributed by atoms with Gasteiger partial charge in [0.15, 0.2) is 0 Å². The van der Waals surface area contributed by atoms with E-state index in [-0.39, 0.29) is 0 Å². The summed E-state index contributed by atoms with van der Waals surface area (Å²) in [5, 5.41) is 0. The summed E-state index contributed by atoms with van der Waals surface area (Å²) in [7, 11) is 0. The van der Waals surface area contributed by atoms with Crippen molar-refractivity contribution in [3.8, 4) is 0 Å². The minimum atomic E-state index is -4.80. The molecular formula is C18H18F8OS. The Kier molecular flexibility index (Phi) is 6.75. The zero-order valence-electron chi connectivity index (χ0n) is 14.4. The van der Waals surface area contributed by atoms with Crippen molar-refractivity contribution in [2.24, 2.45) is 11.8 Å². The van der Waals surface area contributed by atoms with Gasteiger partial charge in [-0.15, -0.1) is 0 Å². The van der Waals surface area contributed by atoms with Crippen molar-refractivity contribution < 1.29 is 39.7 Å². The molecule has 0 heterocycles. The van der Waals surface area contributed by atoms with Crippen LogP contribution in [-0.2, 0) is 11.2 Å². The van der Waals surface area contributed by atoms with Gasteiger partial charge in [0.2, 0.25) is 0 Å². The van der Waals surface area contributed by atoms with E-state index in [4.69, 9.17) is 0 Å². The molecule has 0 aromatic heterocycles. The fourth-order valence-corrected chi connectivity index (χ4v) is 4.96. The fraction of sp³-hybridized carbons (Fsp3) is 0.556. The summed E-state index contributed by atoms with van der Waals surface area (Å²) in [5.41, 5.74) is -5.63. The second-order valence-electron chi connectivity index (χ2n) is 6.91. The highest BCUT2D eigenvalue weighted by molar-refractivity contribution is 7.91. The van der Waals surface area contributed by atoms with Crippen LogP contribution in [0.25, 0.3) is 0 Å². The predicted octanol–water partition coefficient (Wildman–Crippen LogP) is 5.54. The van der Waals surface area contributed by atoms with Crippen LogP contribution in [0.2, 0.25) is 0 Å². The standard InChI is InChI=1S/C18H18F8OS/c19-15(11-17(21,22)23)7-3-1-5-13(15)9-28(27)10-14-6-2-4-8-16(14,20)12-18(24,25)26/h1-8,13-14H,9-12H2. The molecule has 0 bridgehead atoms. The Hall–Kier alpha value is -1.29. The molecule has 4 unspecified atom stereocenters. The molecule has 0 N–H and O–H groups in total. The molecule has 0 fully saturated rings. The topological polar surface area (TPSA) is 23.1 Å². The lowest BCUT2D eigenvalue weighted by Gasteiger charge is -2.34. The lowest BCUT2D eigenvalue weighted by molar-refractivity contribution is -0.160. The molecule has 2 aliphatic carbocycles. The first-order valence-corrected chi connectivity index (χ1v) is 9.80. The smallest absolute Gasteiger partial charge is 0.392 e. The van der Waals surface area contributed by atoms with Gasteiger partial charge < -0.3 is 4.55 Å². The molecule has 0 aromatic rings. The third-order valence-corrected chi connectivity index (χ3v) is 6.02. The third-order valence-electron chi connectivity index (χ3n) is 4.56. The molecule has 2 rings (SSSR count). The van der Waals surface area contributed by atoms with E-state index in [9.17, 15) is 39.7 Å². The van der Waals surface area contributed by atoms with E-state index in [0.717, 1.165) is 36.5 Å². The molecule has 0 radical (unpaired) electrons. The van der Waals surface area contributed by atoms with Gasteiger partial charge in [-0.3, -0.25) is 0 Å². The minimum Gasteiger partial charge on any atom is -0.616 e. The summed E-state index contributed by atoms with van der Waals surface area (Å²) in [5.74, 6) is -3.91. The van der Waals surface area contributed by atoms with Crippen molar-refractivity contribution in [3.63, 3.8) is 0 Å². The van der Waals surface area contributed by atoms with E-state index >= 15 is 0 Å². The van der Waals surface area contributed by atoms with Crippen LogP contribution in [0.4, 0.5) is 35.1 Å². The lowest BCUT2D eigenvalue weighted by atomic mass is 9.84. The highest BCUT2D eigenvalue weighted by Gasteiger charge is 2.50. The number of alkyl halides is 8. The zero-order valence-corrected chi connectivity index (χ0v) is 15.3. The van der Waals surface area contributed by atoms with Crippen LogP contribution >= 0.6 is 0 Å². The Morgan fingerprint density at radius 2 is 1.07 bits per heavy atom. The van der Waals surface area contributed by atoms with Crippen molar-refractivity contribution in [2.75, 3.05) is 11.5 Å². The maximum atomic E-state index is 14.8. The van der Waals surface area contributed by atoms with Crippen molar-refractivity contribution >= 4 is 11.2 Å². The SMILES string of the molecule is [O-][S+](CC1C=CC=CC1(F)CC(F)(F)F)CC1C=CC=CC1(F)CC(F)(F)F. The zero-order chi connectivity index (χ0) is 21.2. The molecule has 158 valence electrons. The van der Waals surface area contributed by atoms with E-state index in [1.807, 2.05) is 0 Å². The van der Waals surface area contributed by atoms with Crippen molar-refractivity contribution in [1.82, 2.24) is 0 Å². The molecule has 0 aliphatic heterocycles. The number of hydrogen-bond acceptors (Lipinski definition) is 1. The van der Waals surface area contributed by atoms with E-state index in [2.05, 4.69) is 0 Å². The molecule has 2 aliphatic rings. The van der Waals surface area contributed by atoms with Crippen molar-refractivity contribution in [1.29, 1.82) is 0 Å². The first kappa shape index (κ1) is 23.0. The summed E-state index contributed by atoms with van der Waals surface area (Å²) in [6, 6.07) is 0. The monoisotopic (exact) mass is 434 g/mol. The van der Waals surface area contributed by atoms with Crippen LogP contribution in [0.1, 0.15) is 12.8 Å². The molecule has 0 amide bonds. The predicted molar refractivity (Wildman–Crippen MR) is 90.4 cm³/mol. The Labute approximate surface area is 160 Å². The maximum Gasteiger partial charge on any atom is 0.392 e. The Morgan fingerprint density at radius 3 is 1.39 bits per heavy atom. The second kappa shape index (κ2) is 8.22. The number of allylic oxidation sites excluding steroid dienone is 8. The molecule has 28 heavy (non-hydrogen) atoms. The summed E-state index contributed by atoms with van der Waals surface area (Å²) in [6.45, 7) is 0. The fourth-order valence-electron chi connectivity index (χ4n) is 3.25. The van der Waals surface area contributed by atoms with Crippen molar-refractivity contribution in [2.45, 2.75) is 36.5 Å². The average molecular weight is 434 g/mol. The summed E-state index contributed by atoms with van der Waals surface area (Å²) < 4.78 is 118. The number of hydrogen-bond donors (Lipinski definition) is 0. The molecule has 0 saturated carbocycles. The van der Waals surface area contributed by atoms with Gasteiger partial charge in [0, 0.05) is 0 Å². The summed E-state index contributed by atoms with van der Waals surface area (Å²) in [4.78, 5) is 0. The Bertz CT molecular complexity index is 609. The van der Waals surface area contributed by atoms with E-state index in [0.29, 0.717) is 0 Å². The van der Waals surface area contributed by atoms with Crippen LogP contribution in [0.3, 0.4) is 0 Å². The Morgan fingerprint density at radius 1 is 0.714 bits per heavy atom. The van der Waals surface area contributed by atoms with Gasteiger partial charge in [0.25, 0.3) is 0 Å². The van der Waals surface area contributed by atoms with Gasteiger partial charge in [-0.1, -0.05) is 47.6 Å². The molecule has 4 atom stereocenters. The van der Waals surface area contributed by atoms with Crippen LogP contribution in [-0.4, -0.2) is 39.7 Å². The number of rotatable bonds is 6. The van der Waals surface area contributed by atoms with Crippen LogP contribution in [0, 0.1) is 11.8 Å². The van der Waals surface area contributed by atoms with Crippen LogP contribution < -0.4 is 0 Å². The normalized spacial score (nSPS) is 34.0. The summed E-state index contributed by atoms with van der Waals surface area (Å²) >= 11 is -2.05. The first-order valence-electron chi connectivity index (χ1n) is 8.31. The molecule has 0 saturated heterocycles. The van der Waals surface area contributed by atoms with Crippen molar-refractivity contribution in [3.05, 3.63) is 48.6 Å². The second-order valence-corrected chi connectivity index (χ2v) is 8.46. The number of halogens is 8. The Balaban J connectivity index is 2.08. The molecular weight excluding hydrogens is 416 g/mol. The molecule has 1 nitrogen and oxygen atoms in total.